The molecule has 0 saturated heterocycles. The smallest absolute Gasteiger partial charge is 0.124 e. The fourth-order valence-corrected chi connectivity index (χ4v) is 9.77. The molecular weight excluding hydrogens is 707 g/mol. The van der Waals surface area contributed by atoms with E-state index < -0.39 is 0 Å². The van der Waals surface area contributed by atoms with Crippen molar-refractivity contribution in [2.45, 2.75) is 52.4 Å². The molecule has 0 unspecified atom stereocenters. The second-order valence-corrected chi connectivity index (χ2v) is 18.9. The number of hydrogen-bond acceptors (Lipinski definition) is 4. The number of nitrogens with zero attached hydrogens (tertiary/aromatic N) is 3. The first-order chi connectivity index (χ1) is 26.5. The molecule has 0 N–H and O–H groups in total. The molecule has 55 heavy (non-hydrogen) atoms. The van der Waals surface area contributed by atoms with Crippen molar-refractivity contribution in [3.05, 3.63) is 151 Å². The molecule has 3 heterocycles. The molecule has 0 aliphatic carbocycles. The zero-order valence-corrected chi connectivity index (χ0v) is 33.6. The van der Waals surface area contributed by atoms with Crippen LogP contribution in [0.5, 0.6) is 0 Å². The summed E-state index contributed by atoms with van der Waals surface area (Å²) in [6, 6.07) is 51.5. The molecule has 3 aromatic heterocycles. The summed E-state index contributed by atoms with van der Waals surface area (Å²) in [5.41, 5.74) is 13.0. The van der Waals surface area contributed by atoms with Crippen molar-refractivity contribution in [1.82, 2.24) is 14.5 Å². The van der Waals surface area contributed by atoms with Gasteiger partial charge in [0.15, 0.2) is 0 Å². The van der Waals surface area contributed by atoms with E-state index in [2.05, 4.69) is 186 Å². The number of thiazole rings is 2. The summed E-state index contributed by atoms with van der Waals surface area (Å²) in [6.07, 6.45) is 0. The predicted octanol–water partition coefficient (Wildman–Crippen LogP) is 14.8. The summed E-state index contributed by atoms with van der Waals surface area (Å²) in [7, 11) is 0. The molecule has 5 heteroatoms. The first-order valence-corrected chi connectivity index (χ1v) is 20.6. The monoisotopic (exact) mass is 747 g/mol. The second kappa shape index (κ2) is 12.5. The SMILES string of the molecule is CC(C)(C)c1ccc2nc(-c3ccc4c5ccc(-c6nc7ccc(C(C)(C)C)cc7s6)cc5n(-c5ccc(-c6ccc7ccccc7c6)cc5)c4c3)sc2c1. The summed E-state index contributed by atoms with van der Waals surface area (Å²) in [5.74, 6) is 0. The predicted molar refractivity (Wildman–Crippen MR) is 238 cm³/mol. The van der Waals surface area contributed by atoms with Crippen LogP contribution < -0.4 is 0 Å². The number of hydrogen-bond donors (Lipinski definition) is 0. The van der Waals surface area contributed by atoms with E-state index in [4.69, 9.17) is 9.97 Å². The lowest BCUT2D eigenvalue weighted by Gasteiger charge is -2.18. The van der Waals surface area contributed by atoms with Gasteiger partial charge in [-0.1, -0.05) is 126 Å². The van der Waals surface area contributed by atoms with Gasteiger partial charge in [0.25, 0.3) is 0 Å². The molecular formula is C50H41N3S2. The van der Waals surface area contributed by atoms with Gasteiger partial charge in [-0.15, -0.1) is 22.7 Å². The third kappa shape index (κ3) is 5.94. The van der Waals surface area contributed by atoms with Crippen molar-refractivity contribution in [3.8, 4) is 38.0 Å². The van der Waals surface area contributed by atoms with Gasteiger partial charge < -0.3 is 4.57 Å². The summed E-state index contributed by atoms with van der Waals surface area (Å²) in [6.45, 7) is 13.6. The van der Waals surface area contributed by atoms with Gasteiger partial charge in [-0.25, -0.2) is 9.97 Å². The average molecular weight is 748 g/mol. The van der Waals surface area contributed by atoms with Crippen LogP contribution in [0.2, 0.25) is 0 Å². The van der Waals surface area contributed by atoms with Crippen LogP contribution in [0.1, 0.15) is 52.7 Å². The van der Waals surface area contributed by atoms with E-state index in [1.165, 1.54) is 53.2 Å². The van der Waals surface area contributed by atoms with Crippen LogP contribution in [-0.2, 0) is 10.8 Å². The van der Waals surface area contributed by atoms with Crippen molar-refractivity contribution in [2.24, 2.45) is 0 Å². The number of rotatable bonds is 4. The average Bonchev–Trinajstić information content (AvgIpc) is 3.90. The molecule has 0 aliphatic heterocycles. The molecule has 0 amide bonds. The number of fused-ring (bicyclic) bond motifs is 6. The highest BCUT2D eigenvalue weighted by molar-refractivity contribution is 7.22. The van der Waals surface area contributed by atoms with Crippen molar-refractivity contribution in [2.75, 3.05) is 0 Å². The van der Waals surface area contributed by atoms with Crippen LogP contribution in [0.4, 0.5) is 0 Å². The van der Waals surface area contributed by atoms with E-state index in [1.54, 1.807) is 22.7 Å². The second-order valence-electron chi connectivity index (χ2n) is 16.8. The Labute approximate surface area is 329 Å². The van der Waals surface area contributed by atoms with Gasteiger partial charge in [0.1, 0.15) is 10.0 Å². The number of aromatic nitrogens is 3. The van der Waals surface area contributed by atoms with E-state index in [1.807, 2.05) is 0 Å². The first-order valence-electron chi connectivity index (χ1n) is 19.0. The Hall–Kier alpha value is -5.62. The first kappa shape index (κ1) is 33.9. The molecule has 0 bridgehead atoms. The summed E-state index contributed by atoms with van der Waals surface area (Å²) >= 11 is 3.55. The Morgan fingerprint density at radius 1 is 0.436 bits per heavy atom. The van der Waals surface area contributed by atoms with Gasteiger partial charge in [-0.05, 0) is 98.5 Å². The van der Waals surface area contributed by atoms with Crippen LogP contribution in [-0.4, -0.2) is 14.5 Å². The summed E-state index contributed by atoms with van der Waals surface area (Å²) in [4.78, 5) is 10.3. The highest BCUT2D eigenvalue weighted by Crippen LogP contribution is 2.41. The quantitative estimate of drug-likeness (QED) is 0.179. The summed E-state index contributed by atoms with van der Waals surface area (Å²) < 4.78 is 4.88. The highest BCUT2D eigenvalue weighted by Gasteiger charge is 2.20. The zero-order chi connectivity index (χ0) is 37.6. The van der Waals surface area contributed by atoms with Gasteiger partial charge in [0, 0.05) is 27.6 Å². The molecule has 0 spiro atoms. The lowest BCUT2D eigenvalue weighted by Crippen LogP contribution is -2.10. The van der Waals surface area contributed by atoms with Crippen LogP contribution in [0.3, 0.4) is 0 Å². The zero-order valence-electron chi connectivity index (χ0n) is 31.9. The lowest BCUT2D eigenvalue weighted by molar-refractivity contribution is 0.591. The summed E-state index contributed by atoms with van der Waals surface area (Å²) in [5, 5.41) is 7.02. The normalized spacial score (nSPS) is 12.5. The minimum atomic E-state index is 0.0849. The Kier molecular flexibility index (Phi) is 7.68. The molecule has 0 atom stereocenters. The maximum atomic E-state index is 5.13. The van der Waals surface area contributed by atoms with Crippen molar-refractivity contribution < 1.29 is 0 Å². The molecule has 0 aliphatic rings. The van der Waals surface area contributed by atoms with Crippen molar-refractivity contribution >= 4 is 75.7 Å². The molecule has 3 nitrogen and oxygen atoms in total. The van der Waals surface area contributed by atoms with E-state index in [-0.39, 0.29) is 10.8 Å². The minimum Gasteiger partial charge on any atom is -0.309 e. The molecule has 0 radical (unpaired) electrons. The largest absolute Gasteiger partial charge is 0.309 e. The fourth-order valence-electron chi connectivity index (χ4n) is 7.76. The standard InChI is InChI=1S/C50H41N3S2/c1-49(2,3)36-17-23-41-45(28-36)54-47(51-41)34-15-21-39-40-22-16-35(48-52-42-24-18-37(50(4,5)6)29-46(42)55-48)27-44(40)53(43(39)26-34)38-19-13-31(14-20-38)33-12-11-30-9-7-8-10-32(30)25-33/h7-29H,1-6H3. The minimum absolute atomic E-state index is 0.0849. The Bertz CT molecular complexity index is 2960. The van der Waals surface area contributed by atoms with E-state index in [9.17, 15) is 0 Å². The lowest BCUT2D eigenvalue weighted by atomic mass is 9.87. The maximum Gasteiger partial charge on any atom is 0.124 e. The van der Waals surface area contributed by atoms with Gasteiger partial charge in [-0.3, -0.25) is 0 Å². The van der Waals surface area contributed by atoms with Gasteiger partial charge in [0.2, 0.25) is 0 Å². The van der Waals surface area contributed by atoms with E-state index >= 15 is 0 Å². The van der Waals surface area contributed by atoms with Crippen molar-refractivity contribution in [3.63, 3.8) is 0 Å². The van der Waals surface area contributed by atoms with Gasteiger partial charge in [0.05, 0.1) is 31.5 Å². The van der Waals surface area contributed by atoms with Gasteiger partial charge >= 0.3 is 0 Å². The van der Waals surface area contributed by atoms with E-state index in [0.717, 1.165) is 48.9 Å². The van der Waals surface area contributed by atoms with E-state index in [0.29, 0.717) is 0 Å². The Morgan fingerprint density at radius 2 is 0.927 bits per heavy atom. The molecule has 268 valence electrons. The molecule has 7 aromatic carbocycles. The third-order valence-corrected chi connectivity index (χ3v) is 13.1. The fraction of sp³-hybridized carbons (Fsp3) is 0.160. The van der Waals surface area contributed by atoms with Crippen LogP contribution in [0.25, 0.3) is 91.0 Å². The van der Waals surface area contributed by atoms with Crippen molar-refractivity contribution in [1.29, 1.82) is 0 Å². The molecule has 10 aromatic rings. The Balaban J connectivity index is 1.14. The van der Waals surface area contributed by atoms with Crippen LogP contribution in [0, 0.1) is 0 Å². The third-order valence-electron chi connectivity index (χ3n) is 11.0. The number of benzene rings is 7. The topological polar surface area (TPSA) is 30.7 Å². The highest BCUT2D eigenvalue weighted by atomic mass is 32.1. The Morgan fingerprint density at radius 3 is 1.45 bits per heavy atom. The van der Waals surface area contributed by atoms with Gasteiger partial charge in [-0.2, -0.15) is 0 Å². The molecule has 10 rings (SSSR count). The van der Waals surface area contributed by atoms with Crippen LogP contribution in [0.15, 0.2) is 140 Å². The molecule has 0 saturated carbocycles. The maximum absolute atomic E-state index is 5.13. The van der Waals surface area contributed by atoms with Crippen LogP contribution >= 0.6 is 22.7 Å². The molecule has 0 fully saturated rings.